The maximum atomic E-state index is 12.8. The van der Waals surface area contributed by atoms with Gasteiger partial charge in [-0.3, -0.25) is 9.78 Å². The first-order chi connectivity index (χ1) is 14.2. The summed E-state index contributed by atoms with van der Waals surface area (Å²) in [6.07, 6.45) is 1.12. The minimum absolute atomic E-state index is 0.517. The van der Waals surface area contributed by atoms with E-state index in [1.807, 2.05) is 18.2 Å². The molecule has 30 heavy (non-hydrogen) atoms. The SMILES string of the molecule is CC(C)(C)OC(=O)N[C@@H](c1ccccc1)[C@@H](O)C(=O)Nc1ccc2ccncc2c1. The lowest BCUT2D eigenvalue weighted by molar-refractivity contribution is -0.125. The zero-order valence-corrected chi connectivity index (χ0v) is 17.1. The number of pyridine rings is 1. The highest BCUT2D eigenvalue weighted by atomic mass is 16.6. The van der Waals surface area contributed by atoms with Crippen LogP contribution in [0.25, 0.3) is 10.8 Å². The second-order valence-electron chi connectivity index (χ2n) is 7.91. The van der Waals surface area contributed by atoms with Gasteiger partial charge in [0.05, 0.1) is 6.04 Å². The number of benzene rings is 2. The zero-order chi connectivity index (χ0) is 21.7. The first kappa shape index (κ1) is 21.3. The van der Waals surface area contributed by atoms with E-state index in [0.717, 1.165) is 10.8 Å². The van der Waals surface area contributed by atoms with E-state index < -0.39 is 29.7 Å². The molecule has 0 bridgehead atoms. The van der Waals surface area contributed by atoms with Crippen molar-refractivity contribution in [1.29, 1.82) is 0 Å². The summed E-state index contributed by atoms with van der Waals surface area (Å²) >= 11 is 0. The highest BCUT2D eigenvalue weighted by Crippen LogP contribution is 2.22. The molecule has 2 atom stereocenters. The standard InChI is InChI=1S/C23H25N3O4/c1-23(2,3)30-22(29)26-19(16-7-5-4-6-8-16)20(27)21(28)25-18-10-9-15-11-12-24-14-17(15)13-18/h4-14,19-20,27H,1-3H3,(H,25,28)(H,26,29)/t19-,20+/m0/s1. The van der Waals surface area contributed by atoms with Crippen molar-refractivity contribution < 1.29 is 19.4 Å². The van der Waals surface area contributed by atoms with Crippen LogP contribution in [-0.4, -0.2) is 33.8 Å². The van der Waals surface area contributed by atoms with Gasteiger partial charge in [-0.2, -0.15) is 0 Å². The van der Waals surface area contributed by atoms with E-state index in [-0.39, 0.29) is 0 Å². The third kappa shape index (κ3) is 5.55. The van der Waals surface area contributed by atoms with E-state index in [2.05, 4.69) is 15.6 Å². The topological polar surface area (TPSA) is 101 Å². The Kier molecular flexibility index (Phi) is 6.32. The minimum atomic E-state index is -1.54. The molecule has 0 fully saturated rings. The number of nitrogens with one attached hydrogen (secondary N) is 2. The van der Waals surface area contributed by atoms with Gasteiger partial charge in [0.2, 0.25) is 0 Å². The fraction of sp³-hybridized carbons (Fsp3) is 0.261. The zero-order valence-electron chi connectivity index (χ0n) is 17.1. The number of ether oxygens (including phenoxy) is 1. The quantitative estimate of drug-likeness (QED) is 0.597. The van der Waals surface area contributed by atoms with Crippen molar-refractivity contribution in [2.45, 2.75) is 38.5 Å². The largest absolute Gasteiger partial charge is 0.444 e. The number of fused-ring (bicyclic) bond motifs is 1. The van der Waals surface area contributed by atoms with Crippen molar-refractivity contribution in [3.63, 3.8) is 0 Å². The lowest BCUT2D eigenvalue weighted by Crippen LogP contribution is -2.44. The maximum absolute atomic E-state index is 12.8. The molecule has 0 spiro atoms. The second-order valence-corrected chi connectivity index (χ2v) is 7.91. The molecule has 2 amide bonds. The fourth-order valence-electron chi connectivity index (χ4n) is 2.97. The molecule has 7 heteroatoms. The number of aromatic nitrogens is 1. The Labute approximate surface area is 175 Å². The van der Waals surface area contributed by atoms with E-state index in [4.69, 9.17) is 4.74 Å². The van der Waals surface area contributed by atoms with Crippen LogP contribution in [0.4, 0.5) is 10.5 Å². The fourth-order valence-corrected chi connectivity index (χ4v) is 2.97. The molecule has 1 aromatic heterocycles. The average molecular weight is 407 g/mol. The molecule has 0 aliphatic rings. The third-order valence-corrected chi connectivity index (χ3v) is 4.32. The number of hydrogen-bond donors (Lipinski definition) is 3. The minimum Gasteiger partial charge on any atom is -0.444 e. The van der Waals surface area contributed by atoms with Gasteiger partial charge >= 0.3 is 6.09 Å². The Morgan fingerprint density at radius 3 is 2.47 bits per heavy atom. The van der Waals surface area contributed by atoms with Crippen LogP contribution in [0, 0.1) is 0 Å². The molecule has 0 saturated heterocycles. The summed E-state index contributed by atoms with van der Waals surface area (Å²) in [7, 11) is 0. The lowest BCUT2D eigenvalue weighted by Gasteiger charge is -2.26. The van der Waals surface area contributed by atoms with Crippen LogP contribution < -0.4 is 10.6 Å². The van der Waals surface area contributed by atoms with Gasteiger partial charge in [0.1, 0.15) is 5.60 Å². The number of nitrogens with zero attached hydrogens (tertiary/aromatic N) is 1. The molecule has 156 valence electrons. The van der Waals surface area contributed by atoms with Crippen molar-refractivity contribution in [3.05, 3.63) is 72.6 Å². The number of alkyl carbamates (subject to hydrolysis) is 1. The highest BCUT2D eigenvalue weighted by Gasteiger charge is 2.30. The van der Waals surface area contributed by atoms with E-state index in [1.54, 1.807) is 69.6 Å². The van der Waals surface area contributed by atoms with E-state index in [0.29, 0.717) is 11.3 Å². The summed E-state index contributed by atoms with van der Waals surface area (Å²) < 4.78 is 5.29. The first-order valence-electron chi connectivity index (χ1n) is 9.60. The molecule has 0 radical (unpaired) electrons. The normalized spacial score (nSPS) is 13.3. The number of carbonyl (C=O) groups is 2. The molecular weight excluding hydrogens is 382 g/mol. The van der Waals surface area contributed by atoms with Crippen LogP contribution in [0.5, 0.6) is 0 Å². The Morgan fingerprint density at radius 1 is 1.03 bits per heavy atom. The Balaban J connectivity index is 1.79. The van der Waals surface area contributed by atoms with Crippen molar-refractivity contribution in [2.24, 2.45) is 0 Å². The van der Waals surface area contributed by atoms with Crippen LogP contribution in [0.15, 0.2) is 67.0 Å². The van der Waals surface area contributed by atoms with Crippen LogP contribution in [0.2, 0.25) is 0 Å². The van der Waals surface area contributed by atoms with E-state index in [1.165, 1.54) is 0 Å². The summed E-state index contributed by atoms with van der Waals surface area (Å²) in [6, 6.07) is 15.0. The Morgan fingerprint density at radius 2 is 1.77 bits per heavy atom. The summed E-state index contributed by atoms with van der Waals surface area (Å²) in [4.78, 5) is 29.1. The molecule has 3 rings (SSSR count). The lowest BCUT2D eigenvalue weighted by atomic mass is 10.0. The molecular formula is C23H25N3O4. The van der Waals surface area contributed by atoms with Gasteiger partial charge in [0.15, 0.2) is 6.10 Å². The molecule has 0 aliphatic heterocycles. The highest BCUT2D eigenvalue weighted by molar-refractivity contribution is 5.97. The number of aliphatic hydroxyl groups is 1. The molecule has 0 aliphatic carbocycles. The van der Waals surface area contributed by atoms with E-state index in [9.17, 15) is 14.7 Å². The number of anilines is 1. The molecule has 3 aromatic rings. The smallest absolute Gasteiger partial charge is 0.408 e. The third-order valence-electron chi connectivity index (χ3n) is 4.32. The molecule has 0 unspecified atom stereocenters. The summed E-state index contributed by atoms with van der Waals surface area (Å²) in [5.41, 5.74) is 0.384. The monoisotopic (exact) mass is 407 g/mol. The van der Waals surface area contributed by atoms with Gasteiger partial charge in [-0.25, -0.2) is 4.79 Å². The number of amides is 2. The molecule has 3 N–H and O–H groups in total. The van der Waals surface area contributed by atoms with Gasteiger partial charge < -0.3 is 20.5 Å². The van der Waals surface area contributed by atoms with Gasteiger partial charge in [-0.1, -0.05) is 36.4 Å². The van der Waals surface area contributed by atoms with Crippen molar-refractivity contribution in [1.82, 2.24) is 10.3 Å². The average Bonchev–Trinajstić information content (AvgIpc) is 2.70. The predicted molar refractivity (Wildman–Crippen MR) is 115 cm³/mol. The van der Waals surface area contributed by atoms with E-state index >= 15 is 0 Å². The molecule has 0 saturated carbocycles. The first-order valence-corrected chi connectivity index (χ1v) is 9.60. The Hall–Kier alpha value is -3.45. The van der Waals surface area contributed by atoms with Gasteiger partial charge in [-0.15, -0.1) is 0 Å². The molecule has 1 heterocycles. The van der Waals surface area contributed by atoms with Crippen LogP contribution >= 0.6 is 0 Å². The van der Waals surface area contributed by atoms with Gasteiger partial charge in [0, 0.05) is 23.5 Å². The molecule has 2 aromatic carbocycles. The number of aliphatic hydroxyl groups excluding tert-OH is 1. The summed E-state index contributed by atoms with van der Waals surface area (Å²) in [6.45, 7) is 5.21. The summed E-state index contributed by atoms with van der Waals surface area (Å²) in [5, 5.41) is 17.9. The van der Waals surface area contributed by atoms with Crippen LogP contribution in [0.3, 0.4) is 0 Å². The summed E-state index contributed by atoms with van der Waals surface area (Å²) in [5.74, 6) is -0.650. The predicted octanol–water partition coefficient (Wildman–Crippen LogP) is 3.80. The van der Waals surface area contributed by atoms with Gasteiger partial charge in [0.25, 0.3) is 5.91 Å². The van der Waals surface area contributed by atoms with Crippen molar-refractivity contribution in [3.8, 4) is 0 Å². The Bertz CT molecular complexity index is 1030. The number of rotatable bonds is 5. The van der Waals surface area contributed by atoms with Gasteiger partial charge in [-0.05, 0) is 49.9 Å². The maximum Gasteiger partial charge on any atom is 0.408 e. The molecule has 7 nitrogen and oxygen atoms in total. The number of hydrogen-bond acceptors (Lipinski definition) is 5. The van der Waals surface area contributed by atoms with Crippen LogP contribution in [-0.2, 0) is 9.53 Å². The van der Waals surface area contributed by atoms with Crippen molar-refractivity contribution >= 4 is 28.5 Å². The number of carbonyl (C=O) groups excluding carboxylic acids is 2. The second kappa shape index (κ2) is 8.92. The van der Waals surface area contributed by atoms with Crippen molar-refractivity contribution in [2.75, 3.05) is 5.32 Å². The van der Waals surface area contributed by atoms with Crippen LogP contribution in [0.1, 0.15) is 32.4 Å².